The van der Waals surface area contributed by atoms with E-state index in [1.165, 1.54) is 16.4 Å². The Morgan fingerprint density at radius 1 is 1.03 bits per heavy atom. The van der Waals surface area contributed by atoms with E-state index in [1.807, 2.05) is 38.1 Å². The van der Waals surface area contributed by atoms with Crippen LogP contribution in [0.5, 0.6) is 0 Å². The highest BCUT2D eigenvalue weighted by Gasteiger charge is 2.26. The fraction of sp³-hybridized carbons (Fsp3) is 0.250. The fourth-order valence-electron chi connectivity index (χ4n) is 4.40. The van der Waals surface area contributed by atoms with Crippen LogP contribution in [-0.2, 0) is 19.6 Å². The van der Waals surface area contributed by atoms with Crippen LogP contribution in [-0.4, -0.2) is 60.2 Å². The molecular formula is C28H28N4O5S2. The lowest BCUT2D eigenvalue weighted by atomic mass is 10.1. The Bertz CT molecular complexity index is 1710. The van der Waals surface area contributed by atoms with E-state index in [9.17, 15) is 18.0 Å². The van der Waals surface area contributed by atoms with Crippen LogP contribution < -0.4 is 10.9 Å². The third kappa shape index (κ3) is 5.62. The average Bonchev–Trinajstić information content (AvgIpc) is 2.94. The molecule has 1 saturated heterocycles. The van der Waals surface area contributed by atoms with Crippen molar-refractivity contribution in [2.24, 2.45) is 0 Å². The maximum Gasteiger partial charge on any atom is 0.266 e. The first-order valence-corrected chi connectivity index (χ1v) is 14.9. The van der Waals surface area contributed by atoms with Gasteiger partial charge in [-0.1, -0.05) is 42.1 Å². The third-order valence-electron chi connectivity index (χ3n) is 6.62. The number of hydrogen-bond acceptors (Lipinski definition) is 7. The minimum absolute atomic E-state index is 0.0317. The van der Waals surface area contributed by atoms with Gasteiger partial charge < -0.3 is 10.1 Å². The summed E-state index contributed by atoms with van der Waals surface area (Å²) < 4.78 is 34.2. The van der Waals surface area contributed by atoms with Crippen LogP contribution in [0.3, 0.4) is 0 Å². The molecule has 0 saturated carbocycles. The number of fused-ring (bicyclic) bond motifs is 1. The molecule has 1 N–H and O–H groups in total. The summed E-state index contributed by atoms with van der Waals surface area (Å²) in [4.78, 5) is 31.3. The average molecular weight is 565 g/mol. The molecule has 9 nitrogen and oxygen atoms in total. The van der Waals surface area contributed by atoms with Gasteiger partial charge >= 0.3 is 0 Å². The van der Waals surface area contributed by atoms with Gasteiger partial charge in [0.15, 0.2) is 5.16 Å². The number of morpholine rings is 1. The number of ether oxygens (including phenoxy) is 1. The summed E-state index contributed by atoms with van der Waals surface area (Å²) in [7, 11) is -3.70. The number of aromatic nitrogens is 2. The number of carbonyl (C=O) groups is 1. The Balaban J connectivity index is 1.39. The van der Waals surface area contributed by atoms with Gasteiger partial charge in [-0.2, -0.15) is 4.31 Å². The van der Waals surface area contributed by atoms with Crippen molar-refractivity contribution in [3.05, 3.63) is 88.2 Å². The number of sulfonamides is 1. The molecule has 1 aliphatic heterocycles. The number of aryl methyl sites for hydroxylation is 1. The highest BCUT2D eigenvalue weighted by Crippen LogP contribution is 2.25. The Hall–Kier alpha value is -3.51. The molecule has 0 aliphatic carbocycles. The Kier molecular flexibility index (Phi) is 7.85. The quantitative estimate of drug-likeness (QED) is 0.269. The van der Waals surface area contributed by atoms with Crippen molar-refractivity contribution in [3.8, 4) is 5.69 Å². The normalized spacial score (nSPS) is 14.4. The predicted molar refractivity (Wildman–Crippen MR) is 152 cm³/mol. The van der Waals surface area contributed by atoms with Gasteiger partial charge in [0.1, 0.15) is 0 Å². The molecule has 0 atom stereocenters. The maximum absolute atomic E-state index is 13.6. The summed E-state index contributed by atoms with van der Waals surface area (Å²) in [6.07, 6.45) is 0. The van der Waals surface area contributed by atoms with Crippen molar-refractivity contribution in [2.45, 2.75) is 23.9 Å². The summed E-state index contributed by atoms with van der Waals surface area (Å²) in [6, 6.07) is 19.1. The van der Waals surface area contributed by atoms with E-state index in [-0.39, 0.29) is 35.2 Å². The van der Waals surface area contributed by atoms with E-state index in [0.29, 0.717) is 40.6 Å². The molecule has 11 heteroatoms. The molecule has 3 aromatic carbocycles. The second kappa shape index (κ2) is 11.3. The van der Waals surface area contributed by atoms with Gasteiger partial charge in [0.05, 0.1) is 40.5 Å². The topological polar surface area (TPSA) is 111 Å². The number of para-hydroxylation sites is 1. The number of nitrogens with one attached hydrogen (secondary N) is 1. The lowest BCUT2D eigenvalue weighted by Gasteiger charge is -2.26. The number of carbonyl (C=O) groups excluding carboxylic acids is 1. The molecule has 1 amide bonds. The summed E-state index contributed by atoms with van der Waals surface area (Å²) in [6.45, 7) is 5.20. The van der Waals surface area contributed by atoms with E-state index in [0.717, 1.165) is 22.9 Å². The van der Waals surface area contributed by atoms with Gasteiger partial charge in [0.2, 0.25) is 15.9 Å². The summed E-state index contributed by atoms with van der Waals surface area (Å²) >= 11 is 1.14. The van der Waals surface area contributed by atoms with Crippen LogP contribution in [0.15, 0.2) is 81.6 Å². The zero-order valence-corrected chi connectivity index (χ0v) is 23.2. The molecule has 5 rings (SSSR count). The molecule has 39 heavy (non-hydrogen) atoms. The second-order valence-electron chi connectivity index (χ2n) is 9.15. The van der Waals surface area contributed by atoms with Gasteiger partial charge in [0.25, 0.3) is 5.56 Å². The lowest BCUT2D eigenvalue weighted by molar-refractivity contribution is -0.113. The minimum atomic E-state index is -3.70. The van der Waals surface area contributed by atoms with Gasteiger partial charge in [-0.3, -0.25) is 14.2 Å². The van der Waals surface area contributed by atoms with Crippen LogP contribution in [0.4, 0.5) is 5.69 Å². The van der Waals surface area contributed by atoms with Crippen molar-refractivity contribution >= 4 is 44.3 Å². The van der Waals surface area contributed by atoms with Crippen LogP contribution in [0, 0.1) is 13.8 Å². The van der Waals surface area contributed by atoms with E-state index in [4.69, 9.17) is 9.72 Å². The molecule has 1 fully saturated rings. The zero-order valence-electron chi connectivity index (χ0n) is 21.6. The highest BCUT2D eigenvalue weighted by atomic mass is 32.2. The van der Waals surface area contributed by atoms with E-state index in [2.05, 4.69) is 5.32 Å². The Morgan fingerprint density at radius 2 is 1.77 bits per heavy atom. The SMILES string of the molecule is Cc1cccc(-n2c(SCC(=O)Nc3cccc(S(=O)(=O)N4CCOCC4)c3)nc3ccccc3c2=O)c1C. The lowest BCUT2D eigenvalue weighted by Crippen LogP contribution is -2.40. The molecule has 0 bridgehead atoms. The fourth-order valence-corrected chi connectivity index (χ4v) is 6.66. The van der Waals surface area contributed by atoms with E-state index >= 15 is 0 Å². The summed E-state index contributed by atoms with van der Waals surface area (Å²) in [5, 5.41) is 3.66. The number of amides is 1. The first kappa shape index (κ1) is 27.1. The number of anilines is 1. The number of hydrogen-bond donors (Lipinski definition) is 1. The van der Waals surface area contributed by atoms with Gasteiger partial charge in [0, 0.05) is 18.8 Å². The molecule has 0 unspecified atom stereocenters. The molecule has 4 aromatic rings. The molecule has 1 aromatic heterocycles. The molecule has 0 radical (unpaired) electrons. The minimum Gasteiger partial charge on any atom is -0.379 e. The molecule has 0 spiro atoms. The standard InChI is InChI=1S/C28H28N4O5S2/c1-19-7-5-12-25(20(19)2)32-27(34)23-10-3-4-11-24(23)30-28(32)38-18-26(33)29-21-8-6-9-22(17-21)39(35,36)31-13-15-37-16-14-31/h3-12,17H,13-16,18H2,1-2H3,(H,29,33). The van der Waals surface area contributed by atoms with Crippen molar-refractivity contribution < 1.29 is 17.9 Å². The predicted octanol–water partition coefficient (Wildman–Crippen LogP) is 3.75. The summed E-state index contributed by atoms with van der Waals surface area (Å²) in [5.74, 6) is -0.383. The van der Waals surface area contributed by atoms with E-state index in [1.54, 1.807) is 34.9 Å². The number of thioether (sulfide) groups is 1. The van der Waals surface area contributed by atoms with Crippen LogP contribution >= 0.6 is 11.8 Å². The smallest absolute Gasteiger partial charge is 0.266 e. The van der Waals surface area contributed by atoms with Crippen LogP contribution in [0.1, 0.15) is 11.1 Å². The molecule has 202 valence electrons. The van der Waals surface area contributed by atoms with Gasteiger partial charge in [-0.15, -0.1) is 0 Å². The number of benzene rings is 3. The number of nitrogens with zero attached hydrogens (tertiary/aromatic N) is 3. The van der Waals surface area contributed by atoms with Crippen molar-refractivity contribution in [2.75, 3.05) is 37.4 Å². The maximum atomic E-state index is 13.6. The molecular weight excluding hydrogens is 536 g/mol. The Labute approximate surface area is 230 Å². The highest BCUT2D eigenvalue weighted by molar-refractivity contribution is 7.99. The first-order chi connectivity index (χ1) is 18.8. The Morgan fingerprint density at radius 3 is 2.56 bits per heavy atom. The molecule has 1 aliphatic rings. The zero-order chi connectivity index (χ0) is 27.6. The third-order valence-corrected chi connectivity index (χ3v) is 9.45. The van der Waals surface area contributed by atoms with Crippen LogP contribution in [0.2, 0.25) is 0 Å². The summed E-state index contributed by atoms with van der Waals surface area (Å²) in [5.41, 5.74) is 3.40. The van der Waals surface area contributed by atoms with Crippen molar-refractivity contribution in [3.63, 3.8) is 0 Å². The second-order valence-corrected chi connectivity index (χ2v) is 12.0. The van der Waals surface area contributed by atoms with Gasteiger partial charge in [-0.25, -0.2) is 13.4 Å². The van der Waals surface area contributed by atoms with E-state index < -0.39 is 10.0 Å². The van der Waals surface area contributed by atoms with Crippen molar-refractivity contribution in [1.82, 2.24) is 13.9 Å². The van der Waals surface area contributed by atoms with Crippen molar-refractivity contribution in [1.29, 1.82) is 0 Å². The van der Waals surface area contributed by atoms with Crippen LogP contribution in [0.25, 0.3) is 16.6 Å². The monoisotopic (exact) mass is 564 g/mol. The largest absolute Gasteiger partial charge is 0.379 e. The first-order valence-electron chi connectivity index (χ1n) is 12.4. The van der Waals surface area contributed by atoms with Gasteiger partial charge in [-0.05, 0) is 61.4 Å². The molecule has 2 heterocycles. The number of rotatable bonds is 7.